The number of hydrogen-bond acceptors (Lipinski definition) is 3. The third-order valence-corrected chi connectivity index (χ3v) is 2.13. The molecule has 124 valence electrons. The van der Waals surface area contributed by atoms with E-state index in [9.17, 15) is 9.59 Å². The van der Waals surface area contributed by atoms with E-state index in [0.29, 0.717) is 18.7 Å². The third-order valence-electron chi connectivity index (χ3n) is 2.13. The summed E-state index contributed by atoms with van der Waals surface area (Å²) in [7, 11) is 0. The molecule has 1 rings (SSSR count). The molecule has 0 unspecified atom stereocenters. The molecule has 0 atom stereocenters. The van der Waals surface area contributed by atoms with Crippen molar-refractivity contribution >= 4 is 23.9 Å². The topological polar surface area (TPSA) is 177 Å². The van der Waals surface area contributed by atoms with Crippen molar-refractivity contribution in [3.63, 3.8) is 0 Å². The highest BCUT2D eigenvalue weighted by molar-refractivity contribution is 5.92. The maximum absolute atomic E-state index is 9.55. The Hall–Kier alpha value is -3.36. The lowest BCUT2D eigenvalue weighted by Gasteiger charge is -1.97. The van der Waals surface area contributed by atoms with Gasteiger partial charge in [-0.1, -0.05) is 30.3 Å². The van der Waals surface area contributed by atoms with Crippen LogP contribution in [0.4, 0.5) is 0 Å². The molecule has 23 heavy (non-hydrogen) atoms. The predicted molar refractivity (Wildman–Crippen MR) is 86.9 cm³/mol. The highest BCUT2D eigenvalue weighted by Crippen LogP contribution is 1.99. The van der Waals surface area contributed by atoms with Gasteiger partial charge in [0.15, 0.2) is 5.96 Å². The van der Waals surface area contributed by atoms with E-state index in [1.807, 2.05) is 30.3 Å². The number of carboxylic acids is 2. The second kappa shape index (κ2) is 11.3. The first-order valence-corrected chi connectivity index (χ1v) is 6.38. The average molecular weight is 321 g/mol. The predicted octanol–water partition coefficient (Wildman–Crippen LogP) is -0.471. The summed E-state index contributed by atoms with van der Waals surface area (Å²) in [6.45, 7) is 0.576. The monoisotopic (exact) mass is 321 g/mol. The maximum Gasteiger partial charge on any atom is 0.328 e. The zero-order valence-corrected chi connectivity index (χ0v) is 12.3. The Morgan fingerprint density at radius 1 is 1.00 bits per heavy atom. The van der Waals surface area contributed by atoms with Crippen molar-refractivity contribution in [2.24, 2.45) is 27.2 Å². The van der Waals surface area contributed by atoms with E-state index in [2.05, 4.69) is 9.98 Å². The minimum atomic E-state index is -1.26. The summed E-state index contributed by atoms with van der Waals surface area (Å²) in [6, 6.07) is 10.0. The van der Waals surface area contributed by atoms with Gasteiger partial charge in [-0.25, -0.2) is 9.59 Å². The van der Waals surface area contributed by atoms with Crippen LogP contribution in [0, 0.1) is 0 Å². The fourth-order valence-corrected chi connectivity index (χ4v) is 1.25. The van der Waals surface area contributed by atoms with Crippen molar-refractivity contribution in [2.75, 3.05) is 6.54 Å². The Morgan fingerprint density at radius 2 is 1.52 bits per heavy atom. The van der Waals surface area contributed by atoms with Crippen molar-refractivity contribution in [2.45, 2.75) is 6.42 Å². The molecular weight excluding hydrogens is 302 g/mol. The van der Waals surface area contributed by atoms with Crippen LogP contribution >= 0.6 is 0 Å². The molecule has 0 spiro atoms. The molecule has 0 heterocycles. The summed E-state index contributed by atoms with van der Waals surface area (Å²) in [5.41, 5.74) is 16.9. The highest BCUT2D eigenvalue weighted by atomic mass is 16.4. The van der Waals surface area contributed by atoms with Crippen LogP contribution in [0.1, 0.15) is 5.56 Å². The second-order valence-corrected chi connectivity index (χ2v) is 4.02. The number of rotatable bonds is 5. The van der Waals surface area contributed by atoms with Crippen molar-refractivity contribution in [3.8, 4) is 0 Å². The van der Waals surface area contributed by atoms with Gasteiger partial charge in [0.2, 0.25) is 5.96 Å². The van der Waals surface area contributed by atoms with Gasteiger partial charge in [-0.15, -0.1) is 0 Å². The largest absolute Gasteiger partial charge is 0.478 e. The quantitative estimate of drug-likeness (QED) is 0.276. The zero-order chi connectivity index (χ0) is 17.7. The lowest BCUT2D eigenvalue weighted by Crippen LogP contribution is -2.26. The standard InChI is InChI=1S/C10H15N5.C4H4O4/c11-9(12)15-10(13)14-7-6-8-4-2-1-3-5-8;5-3(6)1-2-4(7)8/h1-5H,6-7H2,(H6,11,12,13,14,15);1-2H,(H,5,6)(H,7,8)/b;2-1+. The molecule has 0 aliphatic carbocycles. The van der Waals surface area contributed by atoms with Crippen molar-refractivity contribution < 1.29 is 19.8 Å². The van der Waals surface area contributed by atoms with E-state index in [1.165, 1.54) is 5.56 Å². The van der Waals surface area contributed by atoms with E-state index < -0.39 is 11.9 Å². The molecule has 0 aromatic heterocycles. The van der Waals surface area contributed by atoms with Crippen LogP contribution in [0.25, 0.3) is 0 Å². The molecule has 9 heteroatoms. The van der Waals surface area contributed by atoms with Gasteiger partial charge in [0.1, 0.15) is 0 Å². The Kier molecular flexibility index (Phi) is 9.66. The summed E-state index contributed by atoms with van der Waals surface area (Å²) < 4.78 is 0. The van der Waals surface area contributed by atoms with Crippen LogP contribution < -0.4 is 17.2 Å². The Morgan fingerprint density at radius 3 is 1.96 bits per heavy atom. The highest BCUT2D eigenvalue weighted by Gasteiger charge is 1.91. The smallest absolute Gasteiger partial charge is 0.328 e. The van der Waals surface area contributed by atoms with Crippen LogP contribution in [0.15, 0.2) is 52.5 Å². The first-order chi connectivity index (χ1) is 10.8. The van der Waals surface area contributed by atoms with Crippen LogP contribution in [-0.4, -0.2) is 40.6 Å². The molecule has 0 radical (unpaired) electrons. The van der Waals surface area contributed by atoms with Crippen LogP contribution in [0.5, 0.6) is 0 Å². The van der Waals surface area contributed by atoms with Crippen molar-refractivity contribution in [1.29, 1.82) is 0 Å². The van der Waals surface area contributed by atoms with Crippen LogP contribution in [0.2, 0.25) is 0 Å². The number of guanidine groups is 2. The van der Waals surface area contributed by atoms with Gasteiger partial charge >= 0.3 is 11.9 Å². The van der Waals surface area contributed by atoms with Gasteiger partial charge in [0, 0.05) is 18.7 Å². The molecule has 9 nitrogen and oxygen atoms in total. The van der Waals surface area contributed by atoms with E-state index in [4.69, 9.17) is 27.4 Å². The average Bonchev–Trinajstić information content (AvgIpc) is 2.46. The Balaban J connectivity index is 0.000000515. The summed E-state index contributed by atoms with van der Waals surface area (Å²) in [5, 5.41) is 15.6. The van der Waals surface area contributed by atoms with Crippen molar-refractivity contribution in [3.05, 3.63) is 48.0 Å². The van der Waals surface area contributed by atoms with E-state index in [1.54, 1.807) is 0 Å². The molecule has 0 bridgehead atoms. The Labute approximate surface area is 132 Å². The zero-order valence-electron chi connectivity index (χ0n) is 12.3. The van der Waals surface area contributed by atoms with Crippen molar-refractivity contribution in [1.82, 2.24) is 0 Å². The molecule has 0 amide bonds. The lowest BCUT2D eigenvalue weighted by molar-refractivity contribution is -0.134. The van der Waals surface area contributed by atoms with Crippen LogP contribution in [-0.2, 0) is 16.0 Å². The molecule has 0 saturated heterocycles. The molecule has 8 N–H and O–H groups in total. The summed E-state index contributed by atoms with van der Waals surface area (Å²) >= 11 is 0. The number of nitrogens with two attached hydrogens (primary N) is 3. The minimum Gasteiger partial charge on any atom is -0.478 e. The van der Waals surface area contributed by atoms with Gasteiger partial charge in [-0.2, -0.15) is 4.99 Å². The number of benzene rings is 1. The lowest BCUT2D eigenvalue weighted by atomic mass is 10.2. The number of aliphatic imine (C=N–C) groups is 2. The number of carboxylic acid groups (broad SMARTS) is 2. The third kappa shape index (κ3) is 13.4. The number of nitrogens with zero attached hydrogens (tertiary/aromatic N) is 2. The molecule has 0 fully saturated rings. The van der Waals surface area contributed by atoms with Gasteiger partial charge in [-0.05, 0) is 12.0 Å². The minimum absolute atomic E-state index is 0.0732. The number of aliphatic carboxylic acids is 2. The molecule has 1 aromatic rings. The second-order valence-electron chi connectivity index (χ2n) is 4.02. The van der Waals surface area contributed by atoms with E-state index in [-0.39, 0.29) is 11.9 Å². The van der Waals surface area contributed by atoms with E-state index in [0.717, 1.165) is 6.42 Å². The molecule has 1 aromatic carbocycles. The Bertz CT molecular complexity index is 576. The summed E-state index contributed by atoms with van der Waals surface area (Å²) in [5.74, 6) is -2.47. The fourth-order valence-electron chi connectivity index (χ4n) is 1.25. The van der Waals surface area contributed by atoms with Gasteiger partial charge in [0.25, 0.3) is 0 Å². The number of carbonyl (C=O) groups is 2. The van der Waals surface area contributed by atoms with Gasteiger partial charge < -0.3 is 27.4 Å². The van der Waals surface area contributed by atoms with Gasteiger partial charge in [-0.3, -0.25) is 4.99 Å². The summed E-state index contributed by atoms with van der Waals surface area (Å²) in [4.78, 5) is 26.7. The molecule has 0 aliphatic rings. The molecular formula is C14H19N5O4. The van der Waals surface area contributed by atoms with Crippen LogP contribution in [0.3, 0.4) is 0 Å². The summed E-state index contributed by atoms with van der Waals surface area (Å²) in [6.07, 6.45) is 1.94. The number of hydrogen-bond donors (Lipinski definition) is 5. The fraction of sp³-hybridized carbons (Fsp3) is 0.143. The molecule has 0 saturated carbocycles. The first-order valence-electron chi connectivity index (χ1n) is 6.38. The van der Waals surface area contributed by atoms with E-state index >= 15 is 0 Å². The normalized spacial score (nSPS) is 10.5. The molecule has 0 aliphatic heterocycles. The SMILES string of the molecule is NC(N)=NC(N)=NCCc1ccccc1.O=C(O)/C=C/C(=O)O. The first kappa shape index (κ1) is 19.6. The van der Waals surface area contributed by atoms with Gasteiger partial charge in [0.05, 0.1) is 0 Å². The maximum atomic E-state index is 9.55.